The molecule has 1 aromatic carbocycles. The second-order valence-electron chi connectivity index (χ2n) is 3.89. The number of epoxide rings is 1. The molecule has 1 aliphatic rings. The van der Waals surface area contributed by atoms with Crippen LogP contribution in [0.5, 0.6) is 0 Å². The summed E-state index contributed by atoms with van der Waals surface area (Å²) in [6.07, 6.45) is 0.111. The average molecular weight is 236 g/mol. The van der Waals surface area contributed by atoms with Crippen molar-refractivity contribution in [2.75, 3.05) is 0 Å². The van der Waals surface area contributed by atoms with Gasteiger partial charge in [0.05, 0.1) is 0 Å². The Morgan fingerprint density at radius 1 is 1.19 bits per heavy atom. The fourth-order valence-electron chi connectivity index (χ4n) is 1.76. The number of rotatable bonds is 2. The first-order valence-electron chi connectivity index (χ1n) is 5.08. The predicted octanol–water partition coefficient (Wildman–Crippen LogP) is 3.45. The SMILES string of the molecule is Cc1cc(C2OC2c2ccc(Cl)cc2)no1. The van der Waals surface area contributed by atoms with Crippen LogP contribution < -0.4 is 0 Å². The fourth-order valence-corrected chi connectivity index (χ4v) is 1.89. The zero-order valence-electron chi connectivity index (χ0n) is 8.68. The lowest BCUT2D eigenvalue weighted by Gasteiger charge is -1.94. The zero-order valence-corrected chi connectivity index (χ0v) is 9.44. The van der Waals surface area contributed by atoms with Crippen LogP contribution in [0.15, 0.2) is 34.9 Å². The Kier molecular flexibility index (Phi) is 2.23. The summed E-state index contributed by atoms with van der Waals surface area (Å²) in [7, 11) is 0. The van der Waals surface area contributed by atoms with Crippen molar-refractivity contribution in [3.05, 3.63) is 52.4 Å². The van der Waals surface area contributed by atoms with Crippen LogP contribution in [0.4, 0.5) is 0 Å². The standard InChI is InChI=1S/C12H10ClNO2/c1-7-6-10(14-16-7)12-11(15-12)8-2-4-9(13)5-3-8/h2-6,11-12H,1H3. The van der Waals surface area contributed by atoms with Crippen molar-refractivity contribution < 1.29 is 9.26 Å². The largest absolute Gasteiger partial charge is 0.361 e. The van der Waals surface area contributed by atoms with Crippen molar-refractivity contribution in [1.82, 2.24) is 5.16 Å². The maximum atomic E-state index is 5.83. The lowest BCUT2D eigenvalue weighted by molar-refractivity contribution is 0.353. The van der Waals surface area contributed by atoms with E-state index in [0.717, 1.165) is 22.0 Å². The van der Waals surface area contributed by atoms with Gasteiger partial charge in [0.2, 0.25) is 0 Å². The third kappa shape index (κ3) is 1.72. The van der Waals surface area contributed by atoms with E-state index in [-0.39, 0.29) is 12.2 Å². The minimum absolute atomic E-state index is 0.0265. The highest BCUT2D eigenvalue weighted by Gasteiger charge is 2.43. The summed E-state index contributed by atoms with van der Waals surface area (Å²) in [5, 5.41) is 4.68. The molecule has 0 aliphatic carbocycles. The van der Waals surface area contributed by atoms with Crippen LogP contribution >= 0.6 is 11.6 Å². The minimum Gasteiger partial charge on any atom is -0.361 e. The van der Waals surface area contributed by atoms with Crippen molar-refractivity contribution in [3.63, 3.8) is 0 Å². The summed E-state index contributed by atoms with van der Waals surface area (Å²) in [6, 6.07) is 9.58. The Balaban J connectivity index is 1.79. The molecule has 0 amide bonds. The monoisotopic (exact) mass is 235 g/mol. The molecule has 0 radical (unpaired) electrons. The summed E-state index contributed by atoms with van der Waals surface area (Å²) in [5.41, 5.74) is 1.98. The van der Waals surface area contributed by atoms with Gasteiger partial charge in [-0.25, -0.2) is 0 Å². The molecule has 2 aromatic rings. The van der Waals surface area contributed by atoms with E-state index >= 15 is 0 Å². The molecule has 0 spiro atoms. The Morgan fingerprint density at radius 3 is 2.56 bits per heavy atom. The fraction of sp³-hybridized carbons (Fsp3) is 0.250. The molecular weight excluding hydrogens is 226 g/mol. The van der Waals surface area contributed by atoms with Gasteiger partial charge in [-0.05, 0) is 24.6 Å². The van der Waals surface area contributed by atoms with Gasteiger partial charge < -0.3 is 9.26 Å². The van der Waals surface area contributed by atoms with Crippen LogP contribution in [0.1, 0.15) is 29.2 Å². The van der Waals surface area contributed by atoms with Crippen LogP contribution in [0.2, 0.25) is 5.02 Å². The molecule has 1 fully saturated rings. The first-order chi connectivity index (χ1) is 7.74. The Bertz CT molecular complexity index is 506. The summed E-state index contributed by atoms with van der Waals surface area (Å²) in [5.74, 6) is 0.806. The second kappa shape index (κ2) is 3.61. The van der Waals surface area contributed by atoms with Crippen molar-refractivity contribution >= 4 is 11.6 Å². The minimum atomic E-state index is 0.0265. The molecule has 2 heterocycles. The quantitative estimate of drug-likeness (QED) is 0.749. The van der Waals surface area contributed by atoms with Gasteiger partial charge in [0.25, 0.3) is 0 Å². The van der Waals surface area contributed by atoms with E-state index in [1.54, 1.807) is 0 Å². The van der Waals surface area contributed by atoms with Crippen molar-refractivity contribution in [3.8, 4) is 0 Å². The maximum absolute atomic E-state index is 5.83. The Hall–Kier alpha value is -1.32. The topological polar surface area (TPSA) is 38.6 Å². The first kappa shape index (κ1) is 9.87. The van der Waals surface area contributed by atoms with E-state index in [4.69, 9.17) is 20.9 Å². The van der Waals surface area contributed by atoms with Gasteiger partial charge in [-0.3, -0.25) is 0 Å². The van der Waals surface area contributed by atoms with E-state index in [1.165, 1.54) is 0 Å². The van der Waals surface area contributed by atoms with Crippen LogP contribution in [0, 0.1) is 6.92 Å². The molecular formula is C12H10ClNO2. The smallest absolute Gasteiger partial charge is 0.134 e. The molecule has 4 heteroatoms. The summed E-state index contributed by atoms with van der Waals surface area (Å²) < 4.78 is 10.6. The van der Waals surface area contributed by atoms with E-state index in [0.29, 0.717) is 0 Å². The average Bonchev–Trinajstić information content (AvgIpc) is 2.96. The molecule has 1 saturated heterocycles. The maximum Gasteiger partial charge on any atom is 0.134 e. The number of hydrogen-bond acceptors (Lipinski definition) is 3. The number of nitrogens with zero attached hydrogens (tertiary/aromatic N) is 1. The number of halogens is 1. The molecule has 16 heavy (non-hydrogen) atoms. The lowest BCUT2D eigenvalue weighted by Crippen LogP contribution is -1.83. The molecule has 2 unspecified atom stereocenters. The second-order valence-corrected chi connectivity index (χ2v) is 4.33. The van der Waals surface area contributed by atoms with Crippen LogP contribution in [0.25, 0.3) is 0 Å². The Labute approximate surface area is 98.0 Å². The van der Waals surface area contributed by atoms with Gasteiger partial charge in [-0.1, -0.05) is 28.9 Å². The van der Waals surface area contributed by atoms with Gasteiger partial charge in [-0.15, -0.1) is 0 Å². The van der Waals surface area contributed by atoms with E-state index in [1.807, 2.05) is 37.3 Å². The number of aromatic nitrogens is 1. The molecule has 0 N–H and O–H groups in total. The Morgan fingerprint density at radius 2 is 1.94 bits per heavy atom. The molecule has 3 rings (SSSR count). The van der Waals surface area contributed by atoms with Crippen molar-refractivity contribution in [2.24, 2.45) is 0 Å². The van der Waals surface area contributed by atoms with Crippen LogP contribution in [-0.4, -0.2) is 5.16 Å². The van der Waals surface area contributed by atoms with Gasteiger partial charge in [0, 0.05) is 11.1 Å². The molecule has 2 atom stereocenters. The van der Waals surface area contributed by atoms with Crippen molar-refractivity contribution in [2.45, 2.75) is 19.1 Å². The highest BCUT2D eigenvalue weighted by atomic mass is 35.5. The summed E-state index contributed by atoms with van der Waals surface area (Å²) in [4.78, 5) is 0. The van der Waals surface area contributed by atoms with Gasteiger partial charge in [-0.2, -0.15) is 0 Å². The predicted molar refractivity (Wildman–Crippen MR) is 59.3 cm³/mol. The lowest BCUT2D eigenvalue weighted by atomic mass is 10.1. The van der Waals surface area contributed by atoms with Crippen molar-refractivity contribution in [1.29, 1.82) is 0 Å². The highest BCUT2D eigenvalue weighted by molar-refractivity contribution is 6.30. The van der Waals surface area contributed by atoms with Crippen LogP contribution in [0.3, 0.4) is 0 Å². The number of benzene rings is 1. The van der Waals surface area contributed by atoms with E-state index in [9.17, 15) is 0 Å². The normalized spacial score (nSPS) is 23.4. The van der Waals surface area contributed by atoms with E-state index < -0.39 is 0 Å². The van der Waals surface area contributed by atoms with Gasteiger partial charge in [0.15, 0.2) is 0 Å². The third-order valence-corrected chi connectivity index (χ3v) is 2.88. The van der Waals surface area contributed by atoms with Crippen LogP contribution in [-0.2, 0) is 4.74 Å². The summed E-state index contributed by atoms with van der Waals surface area (Å²) >= 11 is 5.83. The highest BCUT2D eigenvalue weighted by Crippen LogP contribution is 2.50. The zero-order chi connectivity index (χ0) is 11.1. The summed E-state index contributed by atoms with van der Waals surface area (Å²) in [6.45, 7) is 1.87. The van der Waals surface area contributed by atoms with Gasteiger partial charge in [0.1, 0.15) is 23.7 Å². The van der Waals surface area contributed by atoms with Gasteiger partial charge >= 0.3 is 0 Å². The number of aryl methyl sites for hydroxylation is 1. The number of ether oxygens (including phenoxy) is 1. The van der Waals surface area contributed by atoms with E-state index in [2.05, 4.69) is 5.16 Å². The molecule has 0 saturated carbocycles. The molecule has 1 aromatic heterocycles. The third-order valence-electron chi connectivity index (χ3n) is 2.63. The number of hydrogen-bond donors (Lipinski definition) is 0. The molecule has 3 nitrogen and oxygen atoms in total. The first-order valence-corrected chi connectivity index (χ1v) is 5.46. The molecule has 1 aliphatic heterocycles. The molecule has 82 valence electrons. The molecule has 0 bridgehead atoms.